The zero-order valence-corrected chi connectivity index (χ0v) is 12.6. The molecule has 1 saturated heterocycles. The van der Waals surface area contributed by atoms with Crippen molar-refractivity contribution in [2.24, 2.45) is 5.92 Å². The van der Waals surface area contributed by atoms with E-state index in [0.29, 0.717) is 11.1 Å². The summed E-state index contributed by atoms with van der Waals surface area (Å²) in [4.78, 5) is 13.2. The Labute approximate surface area is 127 Å². The number of carbonyl (C=O) groups is 1. The van der Waals surface area contributed by atoms with Crippen LogP contribution in [0.2, 0.25) is 5.15 Å². The molecule has 0 unspecified atom stereocenters. The molecule has 0 radical (unpaired) electrons. The molecule has 0 spiro atoms. The SMILES string of the molecule is COC(=O)N1CCC(Cn2ccc3cc(Cl)nnc32)CC1. The maximum absolute atomic E-state index is 11.5. The maximum atomic E-state index is 11.5. The van der Waals surface area contributed by atoms with Gasteiger partial charge in [0.2, 0.25) is 0 Å². The number of methoxy groups -OCH3 is 1. The van der Waals surface area contributed by atoms with Gasteiger partial charge in [0.15, 0.2) is 10.8 Å². The van der Waals surface area contributed by atoms with E-state index >= 15 is 0 Å². The second kappa shape index (κ2) is 5.89. The van der Waals surface area contributed by atoms with E-state index in [1.165, 1.54) is 7.11 Å². The highest BCUT2D eigenvalue weighted by Gasteiger charge is 2.23. The van der Waals surface area contributed by atoms with Gasteiger partial charge in [-0.2, -0.15) is 0 Å². The van der Waals surface area contributed by atoms with Crippen LogP contribution in [0.1, 0.15) is 12.8 Å². The van der Waals surface area contributed by atoms with Crippen LogP contribution in [0.3, 0.4) is 0 Å². The van der Waals surface area contributed by atoms with Gasteiger partial charge in [0.1, 0.15) is 0 Å². The average molecular weight is 309 g/mol. The fraction of sp³-hybridized carbons (Fsp3) is 0.500. The topological polar surface area (TPSA) is 60.2 Å². The van der Waals surface area contributed by atoms with Crippen LogP contribution in [0.15, 0.2) is 18.3 Å². The predicted molar refractivity (Wildman–Crippen MR) is 79.2 cm³/mol. The van der Waals surface area contributed by atoms with Gasteiger partial charge >= 0.3 is 6.09 Å². The molecule has 1 aliphatic rings. The summed E-state index contributed by atoms with van der Waals surface area (Å²) in [6.45, 7) is 2.37. The highest BCUT2D eigenvalue weighted by atomic mass is 35.5. The normalized spacial score (nSPS) is 16.4. The van der Waals surface area contributed by atoms with Crippen LogP contribution in [0.5, 0.6) is 0 Å². The molecule has 0 N–H and O–H groups in total. The Kier molecular flexibility index (Phi) is 3.96. The summed E-state index contributed by atoms with van der Waals surface area (Å²) in [6, 6.07) is 3.82. The van der Waals surface area contributed by atoms with Gasteiger partial charge in [-0.1, -0.05) is 11.6 Å². The fourth-order valence-electron chi connectivity index (χ4n) is 2.81. The molecule has 0 aliphatic carbocycles. The summed E-state index contributed by atoms with van der Waals surface area (Å²) in [7, 11) is 1.42. The van der Waals surface area contributed by atoms with Gasteiger partial charge in [0.05, 0.1) is 7.11 Å². The molecule has 7 heteroatoms. The second-order valence-corrected chi connectivity index (χ2v) is 5.70. The Morgan fingerprint density at radius 2 is 2.19 bits per heavy atom. The third-order valence-electron chi connectivity index (χ3n) is 3.98. The molecular formula is C14H17ClN4O2. The number of nitrogens with zero attached hydrogens (tertiary/aromatic N) is 4. The number of piperidine rings is 1. The molecule has 0 atom stereocenters. The quantitative estimate of drug-likeness (QED) is 0.855. The van der Waals surface area contributed by atoms with Crippen molar-refractivity contribution in [1.82, 2.24) is 19.7 Å². The van der Waals surface area contributed by atoms with E-state index in [2.05, 4.69) is 14.8 Å². The van der Waals surface area contributed by atoms with Gasteiger partial charge in [-0.15, -0.1) is 10.2 Å². The molecule has 6 nitrogen and oxygen atoms in total. The first-order valence-corrected chi connectivity index (χ1v) is 7.36. The van der Waals surface area contributed by atoms with E-state index in [1.807, 2.05) is 18.3 Å². The van der Waals surface area contributed by atoms with Crippen molar-refractivity contribution >= 4 is 28.7 Å². The Morgan fingerprint density at radius 1 is 1.43 bits per heavy atom. The van der Waals surface area contributed by atoms with E-state index in [4.69, 9.17) is 16.3 Å². The molecule has 21 heavy (non-hydrogen) atoms. The highest BCUT2D eigenvalue weighted by Crippen LogP contribution is 2.22. The van der Waals surface area contributed by atoms with Gasteiger partial charge in [0.25, 0.3) is 0 Å². The molecular weight excluding hydrogens is 292 g/mol. The molecule has 0 aromatic carbocycles. The van der Waals surface area contributed by atoms with Gasteiger partial charge in [0, 0.05) is 31.2 Å². The Morgan fingerprint density at radius 3 is 2.90 bits per heavy atom. The lowest BCUT2D eigenvalue weighted by Crippen LogP contribution is -2.39. The van der Waals surface area contributed by atoms with E-state index in [1.54, 1.807) is 4.90 Å². The highest BCUT2D eigenvalue weighted by molar-refractivity contribution is 6.29. The number of amides is 1. The molecule has 1 fully saturated rings. The van der Waals surface area contributed by atoms with Crippen molar-refractivity contribution in [3.05, 3.63) is 23.5 Å². The van der Waals surface area contributed by atoms with Crippen molar-refractivity contribution < 1.29 is 9.53 Å². The molecule has 112 valence electrons. The minimum Gasteiger partial charge on any atom is -0.453 e. The molecule has 0 bridgehead atoms. The van der Waals surface area contributed by atoms with Crippen LogP contribution in [0, 0.1) is 5.92 Å². The molecule has 3 heterocycles. The monoisotopic (exact) mass is 308 g/mol. The number of hydrogen-bond donors (Lipinski definition) is 0. The number of hydrogen-bond acceptors (Lipinski definition) is 4. The maximum Gasteiger partial charge on any atom is 0.409 e. The van der Waals surface area contributed by atoms with Gasteiger partial charge in [-0.25, -0.2) is 4.79 Å². The summed E-state index contributed by atoms with van der Waals surface area (Å²) < 4.78 is 6.86. The molecule has 0 saturated carbocycles. The number of halogens is 1. The summed E-state index contributed by atoms with van der Waals surface area (Å²) >= 11 is 5.85. The van der Waals surface area contributed by atoms with Crippen LogP contribution in [0.25, 0.3) is 11.0 Å². The lowest BCUT2D eigenvalue weighted by Gasteiger charge is -2.31. The van der Waals surface area contributed by atoms with Gasteiger partial charge in [-0.05, 0) is 30.9 Å². The molecule has 1 aliphatic heterocycles. The largest absolute Gasteiger partial charge is 0.453 e. The Bertz CT molecular complexity index is 649. The number of carbonyl (C=O) groups excluding carboxylic acids is 1. The standard InChI is InChI=1S/C14H17ClN4O2/c1-21-14(20)18-5-2-10(3-6-18)9-19-7-4-11-8-12(15)16-17-13(11)19/h4,7-8,10H,2-3,5-6,9H2,1H3. The smallest absolute Gasteiger partial charge is 0.409 e. The number of ether oxygens (including phenoxy) is 1. The Hall–Kier alpha value is -1.82. The predicted octanol–water partition coefficient (Wildman–Crippen LogP) is 2.56. The van der Waals surface area contributed by atoms with Crippen molar-refractivity contribution in [2.75, 3.05) is 20.2 Å². The summed E-state index contributed by atoms with van der Waals surface area (Å²) in [6.07, 6.45) is 3.72. The van der Waals surface area contributed by atoms with Gasteiger partial charge in [-0.3, -0.25) is 0 Å². The molecule has 1 amide bonds. The number of aromatic nitrogens is 3. The summed E-state index contributed by atoms with van der Waals surface area (Å²) in [5.74, 6) is 0.527. The summed E-state index contributed by atoms with van der Waals surface area (Å²) in [5.41, 5.74) is 0.856. The lowest BCUT2D eigenvalue weighted by molar-refractivity contribution is 0.104. The zero-order chi connectivity index (χ0) is 14.8. The number of rotatable bonds is 2. The minimum absolute atomic E-state index is 0.236. The minimum atomic E-state index is -0.236. The second-order valence-electron chi connectivity index (χ2n) is 5.31. The van der Waals surface area contributed by atoms with Crippen molar-refractivity contribution in [1.29, 1.82) is 0 Å². The first-order valence-electron chi connectivity index (χ1n) is 6.98. The first-order chi connectivity index (χ1) is 10.2. The third kappa shape index (κ3) is 2.95. The van der Waals surface area contributed by atoms with Crippen LogP contribution >= 0.6 is 11.6 Å². The first kappa shape index (κ1) is 14.1. The summed E-state index contributed by atoms with van der Waals surface area (Å²) in [5, 5.41) is 9.47. The molecule has 2 aromatic heterocycles. The van der Waals surface area contributed by atoms with Crippen molar-refractivity contribution in [3.8, 4) is 0 Å². The number of fused-ring (bicyclic) bond motifs is 1. The van der Waals surface area contributed by atoms with Crippen LogP contribution in [-0.2, 0) is 11.3 Å². The Balaban J connectivity index is 1.66. The van der Waals surface area contributed by atoms with Crippen LogP contribution in [-0.4, -0.2) is 46.0 Å². The van der Waals surface area contributed by atoms with Gasteiger partial charge < -0.3 is 14.2 Å². The fourth-order valence-corrected chi connectivity index (χ4v) is 2.97. The van der Waals surface area contributed by atoms with E-state index in [0.717, 1.165) is 43.5 Å². The van der Waals surface area contributed by atoms with Crippen molar-refractivity contribution in [2.45, 2.75) is 19.4 Å². The number of likely N-dealkylation sites (tertiary alicyclic amines) is 1. The van der Waals surface area contributed by atoms with Crippen molar-refractivity contribution in [3.63, 3.8) is 0 Å². The lowest BCUT2D eigenvalue weighted by atomic mass is 9.97. The molecule has 2 aromatic rings. The average Bonchev–Trinajstić information content (AvgIpc) is 2.89. The van der Waals surface area contributed by atoms with Crippen LogP contribution in [0.4, 0.5) is 4.79 Å². The van der Waals surface area contributed by atoms with Crippen LogP contribution < -0.4 is 0 Å². The van der Waals surface area contributed by atoms with E-state index in [-0.39, 0.29) is 6.09 Å². The van der Waals surface area contributed by atoms with E-state index in [9.17, 15) is 4.79 Å². The molecule has 3 rings (SSSR count). The zero-order valence-electron chi connectivity index (χ0n) is 11.8. The third-order valence-corrected chi connectivity index (χ3v) is 4.17. The van der Waals surface area contributed by atoms with E-state index < -0.39 is 0 Å².